The molecule has 19 heavy (non-hydrogen) atoms. The van der Waals surface area contributed by atoms with Gasteiger partial charge >= 0.3 is 5.97 Å². The van der Waals surface area contributed by atoms with E-state index in [0.717, 1.165) is 4.90 Å². The predicted molar refractivity (Wildman–Crippen MR) is 61.8 cm³/mol. The highest BCUT2D eigenvalue weighted by Crippen LogP contribution is 2.40. The maximum atomic E-state index is 11.8. The summed E-state index contributed by atoms with van der Waals surface area (Å²) in [6.07, 6.45) is 0. The number of nitrogens with zero attached hydrogens (tertiary/aromatic N) is 1. The van der Waals surface area contributed by atoms with Crippen molar-refractivity contribution in [3.05, 3.63) is 17.7 Å². The number of ether oxygens (including phenoxy) is 2. The van der Waals surface area contributed by atoms with Crippen LogP contribution in [0.4, 0.5) is 5.69 Å². The Morgan fingerprint density at radius 3 is 2.47 bits per heavy atom. The minimum absolute atomic E-state index is 0.149. The minimum Gasteiger partial charge on any atom is -0.486 e. The van der Waals surface area contributed by atoms with E-state index in [1.807, 2.05) is 0 Å². The number of rotatable bonds is 2. The fraction of sp³-hybridized carbons (Fsp3) is 0.250. The summed E-state index contributed by atoms with van der Waals surface area (Å²) >= 11 is 0. The van der Waals surface area contributed by atoms with Crippen molar-refractivity contribution in [2.24, 2.45) is 0 Å². The lowest BCUT2D eigenvalue weighted by molar-refractivity contribution is -0.136. The number of carboxylic acids is 1. The highest BCUT2D eigenvalue weighted by atomic mass is 16.6. The summed E-state index contributed by atoms with van der Waals surface area (Å²) in [5.74, 6) is -1.97. The summed E-state index contributed by atoms with van der Waals surface area (Å²) in [6, 6.07) is 2.89. The second kappa shape index (κ2) is 3.98. The lowest BCUT2D eigenvalue weighted by atomic mass is 10.1. The monoisotopic (exact) mass is 263 g/mol. The third kappa shape index (κ3) is 1.70. The molecule has 0 fully saturated rings. The Morgan fingerprint density at radius 1 is 1.21 bits per heavy atom. The number of aliphatic carboxylic acids is 1. The zero-order valence-electron chi connectivity index (χ0n) is 9.71. The van der Waals surface area contributed by atoms with Gasteiger partial charge in [-0.3, -0.25) is 19.3 Å². The normalized spacial score (nSPS) is 16.5. The van der Waals surface area contributed by atoms with E-state index >= 15 is 0 Å². The van der Waals surface area contributed by atoms with Gasteiger partial charge in [0.25, 0.3) is 11.7 Å². The topological polar surface area (TPSA) is 93.1 Å². The van der Waals surface area contributed by atoms with E-state index in [2.05, 4.69) is 0 Å². The molecule has 0 unspecified atom stereocenters. The van der Waals surface area contributed by atoms with Gasteiger partial charge in [-0.1, -0.05) is 0 Å². The Labute approximate surface area is 107 Å². The molecule has 0 saturated heterocycles. The van der Waals surface area contributed by atoms with Crippen LogP contribution < -0.4 is 14.4 Å². The van der Waals surface area contributed by atoms with Gasteiger partial charge < -0.3 is 14.6 Å². The van der Waals surface area contributed by atoms with Crippen LogP contribution in [0, 0.1) is 0 Å². The fourth-order valence-corrected chi connectivity index (χ4v) is 2.12. The zero-order valence-corrected chi connectivity index (χ0v) is 9.71. The molecule has 0 atom stereocenters. The summed E-state index contributed by atoms with van der Waals surface area (Å²) in [4.78, 5) is 35.2. The molecule has 0 aromatic heterocycles. The van der Waals surface area contributed by atoms with Gasteiger partial charge in [0.15, 0.2) is 11.5 Å². The molecule has 2 aliphatic heterocycles. The zero-order chi connectivity index (χ0) is 13.6. The number of Topliss-reactive ketones (excluding diaryl/α,β-unsaturated/α-hetero) is 1. The minimum atomic E-state index is -1.19. The van der Waals surface area contributed by atoms with E-state index in [1.165, 1.54) is 12.1 Å². The SMILES string of the molecule is O=C(O)CN1C(=O)C(=O)c2cc3c(cc21)OCCO3. The van der Waals surface area contributed by atoms with Crippen molar-refractivity contribution in [3.63, 3.8) is 0 Å². The average molecular weight is 263 g/mol. The van der Waals surface area contributed by atoms with Crippen LogP contribution in [-0.4, -0.2) is 42.5 Å². The smallest absolute Gasteiger partial charge is 0.323 e. The number of benzene rings is 1. The van der Waals surface area contributed by atoms with Crippen LogP contribution in [0.25, 0.3) is 0 Å². The molecule has 2 heterocycles. The predicted octanol–water partition coefficient (Wildman–Crippen LogP) is 0.0717. The quantitative estimate of drug-likeness (QED) is 0.759. The molecule has 0 bridgehead atoms. The molecule has 7 nitrogen and oxygen atoms in total. The first kappa shape index (κ1) is 11.5. The van der Waals surface area contributed by atoms with Crippen LogP contribution in [0.1, 0.15) is 10.4 Å². The van der Waals surface area contributed by atoms with Crippen molar-refractivity contribution in [2.75, 3.05) is 24.7 Å². The third-order valence-electron chi connectivity index (χ3n) is 2.93. The Hall–Kier alpha value is -2.57. The van der Waals surface area contributed by atoms with E-state index < -0.39 is 24.2 Å². The number of amides is 1. The molecule has 1 aromatic rings. The highest BCUT2D eigenvalue weighted by Gasteiger charge is 2.38. The second-order valence-corrected chi connectivity index (χ2v) is 4.13. The lowest BCUT2D eigenvalue weighted by Crippen LogP contribution is -2.34. The van der Waals surface area contributed by atoms with Gasteiger partial charge in [0.1, 0.15) is 19.8 Å². The van der Waals surface area contributed by atoms with Crippen LogP contribution in [0.2, 0.25) is 0 Å². The Kier molecular flexibility index (Phi) is 2.41. The molecule has 0 aliphatic carbocycles. The molecule has 0 saturated carbocycles. The Balaban J connectivity index is 2.10. The summed E-state index contributed by atoms with van der Waals surface area (Å²) in [6.45, 7) is 0.177. The molecule has 98 valence electrons. The first-order valence-corrected chi connectivity index (χ1v) is 5.59. The summed E-state index contributed by atoms with van der Waals surface area (Å²) < 4.78 is 10.7. The molecule has 1 amide bonds. The van der Waals surface area contributed by atoms with Crippen molar-refractivity contribution in [2.45, 2.75) is 0 Å². The van der Waals surface area contributed by atoms with E-state index in [9.17, 15) is 14.4 Å². The molecular formula is C12H9NO6. The average Bonchev–Trinajstić information content (AvgIpc) is 2.61. The van der Waals surface area contributed by atoms with Gasteiger partial charge in [-0.25, -0.2) is 0 Å². The molecule has 1 N–H and O–H groups in total. The molecule has 1 aromatic carbocycles. The van der Waals surface area contributed by atoms with E-state index in [0.29, 0.717) is 24.7 Å². The van der Waals surface area contributed by atoms with Gasteiger partial charge in [-0.15, -0.1) is 0 Å². The first-order valence-electron chi connectivity index (χ1n) is 5.59. The number of carboxylic acid groups (broad SMARTS) is 1. The van der Waals surface area contributed by atoms with Crippen molar-refractivity contribution < 1.29 is 29.0 Å². The summed E-state index contributed by atoms with van der Waals surface area (Å²) in [5.41, 5.74) is 0.400. The summed E-state index contributed by atoms with van der Waals surface area (Å²) in [5, 5.41) is 8.78. The molecule has 0 spiro atoms. The number of hydrogen-bond acceptors (Lipinski definition) is 5. The molecule has 7 heteroatoms. The first-order chi connectivity index (χ1) is 9.08. The van der Waals surface area contributed by atoms with Gasteiger partial charge in [-0.2, -0.15) is 0 Å². The number of fused-ring (bicyclic) bond motifs is 2. The number of anilines is 1. The number of carbonyl (C=O) groups is 3. The van der Waals surface area contributed by atoms with Gasteiger partial charge in [0.2, 0.25) is 0 Å². The van der Waals surface area contributed by atoms with Crippen LogP contribution in [0.15, 0.2) is 12.1 Å². The molecule has 2 aliphatic rings. The molecular weight excluding hydrogens is 254 g/mol. The Morgan fingerprint density at radius 2 is 1.84 bits per heavy atom. The van der Waals surface area contributed by atoms with Crippen molar-refractivity contribution in [1.82, 2.24) is 0 Å². The van der Waals surface area contributed by atoms with E-state index in [1.54, 1.807) is 0 Å². The van der Waals surface area contributed by atoms with Crippen LogP contribution >= 0.6 is 0 Å². The van der Waals surface area contributed by atoms with Crippen LogP contribution in [0.5, 0.6) is 11.5 Å². The maximum Gasteiger partial charge on any atom is 0.323 e. The van der Waals surface area contributed by atoms with Crippen molar-refractivity contribution >= 4 is 23.3 Å². The Bertz CT molecular complexity index is 608. The molecule has 3 rings (SSSR count). The lowest BCUT2D eigenvalue weighted by Gasteiger charge is -2.20. The highest BCUT2D eigenvalue weighted by molar-refractivity contribution is 6.52. The second-order valence-electron chi connectivity index (χ2n) is 4.13. The largest absolute Gasteiger partial charge is 0.486 e. The van der Waals surface area contributed by atoms with Gasteiger partial charge in [-0.05, 0) is 6.07 Å². The standard InChI is InChI=1S/C12H9NO6/c14-10(15)5-13-7-4-9-8(18-1-2-19-9)3-6(7)11(16)12(13)17/h3-4H,1-2,5H2,(H,14,15). The van der Waals surface area contributed by atoms with Gasteiger partial charge in [0.05, 0.1) is 11.3 Å². The number of ketones is 1. The summed E-state index contributed by atoms with van der Waals surface area (Å²) in [7, 11) is 0. The molecule has 0 radical (unpaired) electrons. The van der Waals surface area contributed by atoms with Gasteiger partial charge in [0, 0.05) is 6.07 Å². The fourth-order valence-electron chi connectivity index (χ4n) is 2.12. The third-order valence-corrected chi connectivity index (χ3v) is 2.93. The van der Waals surface area contributed by atoms with Crippen molar-refractivity contribution in [3.8, 4) is 11.5 Å². The van der Waals surface area contributed by atoms with Crippen LogP contribution in [0.3, 0.4) is 0 Å². The van der Waals surface area contributed by atoms with Crippen LogP contribution in [-0.2, 0) is 9.59 Å². The number of hydrogen-bond donors (Lipinski definition) is 1. The van der Waals surface area contributed by atoms with E-state index in [-0.39, 0.29) is 11.3 Å². The number of carbonyl (C=O) groups excluding carboxylic acids is 2. The van der Waals surface area contributed by atoms with Crippen molar-refractivity contribution in [1.29, 1.82) is 0 Å². The van der Waals surface area contributed by atoms with E-state index in [4.69, 9.17) is 14.6 Å². The maximum absolute atomic E-state index is 11.8.